The number of benzene rings is 2. The Kier molecular flexibility index (Phi) is 5.61. The minimum Gasteiger partial charge on any atom is -0.484 e. The summed E-state index contributed by atoms with van der Waals surface area (Å²) in [5, 5.41) is 2.68. The van der Waals surface area contributed by atoms with E-state index in [1.807, 2.05) is 0 Å². The van der Waals surface area contributed by atoms with Crippen molar-refractivity contribution < 1.29 is 31.1 Å². The van der Waals surface area contributed by atoms with Crippen LogP contribution < -0.4 is 14.8 Å². The van der Waals surface area contributed by atoms with Crippen molar-refractivity contribution in [2.75, 3.05) is 11.9 Å². The summed E-state index contributed by atoms with van der Waals surface area (Å²) in [6, 6.07) is 10.1. The van der Waals surface area contributed by atoms with Gasteiger partial charge in [-0.2, -0.15) is 13.2 Å². The topological polar surface area (TPSA) is 84.5 Å². The second-order valence-electron chi connectivity index (χ2n) is 6.24. The summed E-state index contributed by atoms with van der Waals surface area (Å²) in [6.45, 7) is -1.42. The van der Waals surface area contributed by atoms with E-state index in [1.165, 1.54) is 36.4 Å². The maximum atomic E-state index is 12.5. The number of fused-ring (bicyclic) bond motifs is 1. The molecule has 6 nitrogen and oxygen atoms in total. The second-order valence-corrected chi connectivity index (χ2v) is 8.01. The highest BCUT2D eigenvalue weighted by molar-refractivity contribution is 7.89. The molecule has 28 heavy (non-hydrogen) atoms. The van der Waals surface area contributed by atoms with E-state index in [1.54, 1.807) is 6.07 Å². The van der Waals surface area contributed by atoms with Crippen LogP contribution in [0, 0.1) is 0 Å². The summed E-state index contributed by atoms with van der Waals surface area (Å²) in [7, 11) is -3.79. The number of nitrogens with one attached hydrogen (secondary N) is 2. The summed E-state index contributed by atoms with van der Waals surface area (Å²) >= 11 is 0. The van der Waals surface area contributed by atoms with Crippen LogP contribution >= 0.6 is 0 Å². The van der Waals surface area contributed by atoms with Gasteiger partial charge in [-0.3, -0.25) is 4.79 Å². The van der Waals surface area contributed by atoms with Crippen molar-refractivity contribution >= 4 is 21.6 Å². The molecule has 150 valence electrons. The summed E-state index contributed by atoms with van der Waals surface area (Å²) in [4.78, 5) is 11.5. The number of carbonyl (C=O) groups excluding carboxylic acids is 1. The summed E-state index contributed by atoms with van der Waals surface area (Å²) in [5.74, 6) is -0.0652. The van der Waals surface area contributed by atoms with Crippen LogP contribution in [-0.4, -0.2) is 27.1 Å². The van der Waals surface area contributed by atoms with Gasteiger partial charge in [-0.25, -0.2) is 13.1 Å². The molecule has 2 N–H and O–H groups in total. The van der Waals surface area contributed by atoms with Crippen molar-refractivity contribution in [2.45, 2.75) is 30.5 Å². The third-order valence-corrected chi connectivity index (χ3v) is 5.47. The fraction of sp³-hybridized carbons (Fsp3) is 0.278. The molecule has 0 atom stereocenters. The van der Waals surface area contributed by atoms with Crippen LogP contribution in [0.25, 0.3) is 0 Å². The molecule has 0 saturated carbocycles. The second kappa shape index (κ2) is 7.80. The van der Waals surface area contributed by atoms with Crippen molar-refractivity contribution in [1.29, 1.82) is 0 Å². The Balaban J connectivity index is 1.63. The largest absolute Gasteiger partial charge is 0.484 e. The standard InChI is InChI=1S/C18H17F3N2O4S/c19-18(20,21)11-27-14-4-1-12(2-5-14)10-22-28(25,26)15-6-7-16-13(9-15)3-8-17(24)23-16/h1-2,4-7,9,22H,3,8,10-11H2,(H,23,24). The van der Waals surface area contributed by atoms with E-state index in [4.69, 9.17) is 0 Å². The van der Waals surface area contributed by atoms with Crippen molar-refractivity contribution in [1.82, 2.24) is 4.72 Å². The number of rotatable bonds is 6. The van der Waals surface area contributed by atoms with Crippen molar-refractivity contribution in [2.24, 2.45) is 0 Å². The Labute approximate surface area is 159 Å². The highest BCUT2D eigenvalue weighted by Crippen LogP contribution is 2.25. The van der Waals surface area contributed by atoms with Crippen LogP contribution in [0.3, 0.4) is 0 Å². The predicted molar refractivity (Wildman–Crippen MR) is 95.4 cm³/mol. The predicted octanol–water partition coefficient (Wildman–Crippen LogP) is 2.99. The van der Waals surface area contributed by atoms with Crippen LogP contribution in [0.15, 0.2) is 47.4 Å². The molecule has 0 fully saturated rings. The maximum absolute atomic E-state index is 12.5. The molecule has 2 aromatic carbocycles. The first kappa shape index (κ1) is 20.2. The third kappa shape index (κ3) is 5.23. The number of hydrogen-bond donors (Lipinski definition) is 2. The molecule has 0 radical (unpaired) electrons. The molecule has 2 aromatic rings. The Morgan fingerprint density at radius 3 is 2.46 bits per heavy atom. The fourth-order valence-electron chi connectivity index (χ4n) is 2.66. The zero-order valence-electron chi connectivity index (χ0n) is 14.5. The molecule has 1 heterocycles. The third-order valence-electron chi connectivity index (χ3n) is 4.07. The van der Waals surface area contributed by atoms with Gasteiger partial charge >= 0.3 is 6.18 Å². The van der Waals surface area contributed by atoms with Gasteiger partial charge in [0.05, 0.1) is 4.90 Å². The van der Waals surface area contributed by atoms with E-state index < -0.39 is 22.8 Å². The fourth-order valence-corrected chi connectivity index (χ4v) is 3.73. The number of sulfonamides is 1. The van der Waals surface area contributed by atoms with E-state index in [0.717, 1.165) is 5.56 Å². The number of halogens is 3. The van der Waals surface area contributed by atoms with Gasteiger partial charge in [0.1, 0.15) is 5.75 Å². The van der Waals surface area contributed by atoms with Gasteiger partial charge in [-0.15, -0.1) is 0 Å². The average molecular weight is 414 g/mol. The van der Waals surface area contributed by atoms with Crippen molar-refractivity contribution in [3.8, 4) is 5.75 Å². The van der Waals surface area contributed by atoms with Crippen LogP contribution in [0.4, 0.5) is 18.9 Å². The smallest absolute Gasteiger partial charge is 0.422 e. The first-order valence-electron chi connectivity index (χ1n) is 8.33. The Hall–Kier alpha value is -2.59. The van der Waals surface area contributed by atoms with Crippen LogP contribution in [-0.2, 0) is 27.8 Å². The molecule has 0 aliphatic carbocycles. The molecular weight excluding hydrogens is 397 g/mol. The number of aryl methyl sites for hydroxylation is 1. The van der Waals surface area contributed by atoms with Crippen LogP contribution in [0.2, 0.25) is 0 Å². The molecule has 1 aliphatic heterocycles. The quantitative estimate of drug-likeness (QED) is 0.761. The molecule has 1 amide bonds. The van der Waals surface area contributed by atoms with Gasteiger partial charge in [0.2, 0.25) is 15.9 Å². The summed E-state index contributed by atoms with van der Waals surface area (Å²) in [6.07, 6.45) is -3.66. The van der Waals surface area contributed by atoms with E-state index in [2.05, 4.69) is 14.8 Å². The van der Waals surface area contributed by atoms with E-state index in [9.17, 15) is 26.4 Å². The van der Waals surface area contributed by atoms with Gasteiger partial charge in [0, 0.05) is 18.7 Å². The van der Waals surface area contributed by atoms with Gasteiger partial charge in [-0.1, -0.05) is 12.1 Å². The Morgan fingerprint density at radius 2 is 1.79 bits per heavy atom. The molecule has 1 aliphatic rings. The van der Waals surface area contributed by atoms with Crippen LogP contribution in [0.5, 0.6) is 5.75 Å². The van der Waals surface area contributed by atoms with Gasteiger partial charge in [0.15, 0.2) is 6.61 Å². The Bertz CT molecular complexity index is 973. The first-order valence-corrected chi connectivity index (χ1v) is 9.82. The first-order chi connectivity index (χ1) is 13.1. The average Bonchev–Trinajstić information content (AvgIpc) is 2.64. The molecule has 0 saturated heterocycles. The Morgan fingerprint density at radius 1 is 1.07 bits per heavy atom. The summed E-state index contributed by atoms with van der Waals surface area (Å²) in [5.41, 5.74) is 1.91. The van der Waals surface area contributed by atoms with Gasteiger partial charge in [0.25, 0.3) is 0 Å². The van der Waals surface area contributed by atoms with Gasteiger partial charge < -0.3 is 10.1 Å². The molecule has 0 aromatic heterocycles. The molecule has 0 spiro atoms. The molecular formula is C18H17F3N2O4S. The lowest BCUT2D eigenvalue weighted by Gasteiger charge is -2.17. The zero-order chi connectivity index (χ0) is 20.4. The lowest BCUT2D eigenvalue weighted by Crippen LogP contribution is -2.24. The zero-order valence-corrected chi connectivity index (χ0v) is 15.4. The van der Waals surface area contributed by atoms with Crippen molar-refractivity contribution in [3.63, 3.8) is 0 Å². The number of alkyl halides is 3. The molecule has 0 unspecified atom stereocenters. The summed E-state index contributed by atoms with van der Waals surface area (Å²) < 4.78 is 68.4. The number of anilines is 1. The SMILES string of the molecule is O=C1CCc2cc(S(=O)(=O)NCc3ccc(OCC(F)(F)F)cc3)ccc2N1. The highest BCUT2D eigenvalue weighted by Gasteiger charge is 2.28. The monoisotopic (exact) mass is 414 g/mol. The van der Waals surface area contributed by atoms with Crippen LogP contribution in [0.1, 0.15) is 17.5 Å². The van der Waals surface area contributed by atoms with Gasteiger partial charge in [-0.05, 0) is 47.9 Å². The molecule has 0 bridgehead atoms. The lowest BCUT2D eigenvalue weighted by atomic mass is 10.0. The minimum absolute atomic E-state index is 0.0320. The highest BCUT2D eigenvalue weighted by atomic mass is 32.2. The van der Waals surface area contributed by atoms with E-state index in [-0.39, 0.29) is 23.1 Å². The van der Waals surface area contributed by atoms with E-state index in [0.29, 0.717) is 24.1 Å². The number of carbonyl (C=O) groups is 1. The maximum Gasteiger partial charge on any atom is 0.422 e. The number of ether oxygens (including phenoxy) is 1. The van der Waals surface area contributed by atoms with Crippen molar-refractivity contribution in [3.05, 3.63) is 53.6 Å². The number of amides is 1. The normalized spacial score (nSPS) is 14.3. The molecule has 10 heteroatoms. The minimum atomic E-state index is -4.42. The number of hydrogen-bond acceptors (Lipinski definition) is 4. The lowest BCUT2D eigenvalue weighted by molar-refractivity contribution is -0.153. The molecule has 3 rings (SSSR count). The van der Waals surface area contributed by atoms with E-state index >= 15 is 0 Å².